The summed E-state index contributed by atoms with van der Waals surface area (Å²) in [5, 5.41) is 14.4. The molecule has 1 aromatic carbocycles. The van der Waals surface area contributed by atoms with Gasteiger partial charge >= 0.3 is 12.1 Å². The number of piperazine rings is 1. The highest BCUT2D eigenvalue weighted by Crippen LogP contribution is 2.28. The molecule has 0 unspecified atom stereocenters. The Bertz CT molecular complexity index is 992. The number of anilines is 1. The van der Waals surface area contributed by atoms with Gasteiger partial charge in [0.25, 0.3) is 0 Å². The standard InChI is InChI=1S/C24H33N5O4/c1-17-14-21(29(25-17)18-8-6-5-7-9-18)27-12-10-26(11-13-27)19-15-20(22(30)31)28(16-19)23(32)33-24(2,3)4/h5-9,14,19-20H,10-13,15-16H2,1-4H3,(H,30,31)/t19-,20-/m0/s1. The second-order valence-corrected chi connectivity index (χ2v) is 9.79. The van der Waals surface area contributed by atoms with Crippen LogP contribution in [0.1, 0.15) is 32.9 Å². The highest BCUT2D eigenvalue weighted by molar-refractivity contribution is 5.81. The summed E-state index contributed by atoms with van der Waals surface area (Å²) in [6, 6.07) is 11.3. The molecule has 2 saturated heterocycles. The van der Waals surface area contributed by atoms with Crippen molar-refractivity contribution in [1.29, 1.82) is 0 Å². The van der Waals surface area contributed by atoms with Gasteiger partial charge in [0.1, 0.15) is 17.5 Å². The van der Waals surface area contributed by atoms with Gasteiger partial charge in [-0.05, 0) is 46.2 Å². The average Bonchev–Trinajstić information content (AvgIpc) is 3.38. The van der Waals surface area contributed by atoms with Crippen molar-refractivity contribution in [1.82, 2.24) is 19.6 Å². The number of carbonyl (C=O) groups is 2. The van der Waals surface area contributed by atoms with E-state index in [1.165, 1.54) is 4.90 Å². The van der Waals surface area contributed by atoms with E-state index in [1.807, 2.05) is 41.9 Å². The molecule has 2 aliphatic rings. The first-order chi connectivity index (χ1) is 15.6. The lowest BCUT2D eigenvalue weighted by Crippen LogP contribution is -2.51. The number of nitrogens with zero attached hydrogens (tertiary/aromatic N) is 5. The van der Waals surface area contributed by atoms with Gasteiger partial charge in [-0.2, -0.15) is 5.10 Å². The minimum Gasteiger partial charge on any atom is -0.480 e. The van der Waals surface area contributed by atoms with E-state index in [4.69, 9.17) is 4.74 Å². The molecule has 9 heteroatoms. The largest absolute Gasteiger partial charge is 0.480 e. The Balaban J connectivity index is 1.42. The molecule has 4 rings (SSSR count). The highest BCUT2D eigenvalue weighted by Gasteiger charge is 2.44. The lowest BCUT2D eigenvalue weighted by atomic mass is 10.1. The predicted molar refractivity (Wildman–Crippen MR) is 125 cm³/mol. The minimum absolute atomic E-state index is 0.00142. The van der Waals surface area contributed by atoms with Crippen molar-refractivity contribution in [3.05, 3.63) is 42.1 Å². The molecule has 2 aromatic rings. The van der Waals surface area contributed by atoms with Gasteiger partial charge in [0, 0.05) is 44.8 Å². The molecule has 0 spiro atoms. The molecule has 0 radical (unpaired) electrons. The van der Waals surface area contributed by atoms with Crippen molar-refractivity contribution < 1.29 is 19.4 Å². The van der Waals surface area contributed by atoms with E-state index in [0.29, 0.717) is 13.0 Å². The number of amides is 1. The first kappa shape index (κ1) is 23.1. The Morgan fingerprint density at radius 2 is 1.76 bits per heavy atom. The van der Waals surface area contributed by atoms with E-state index in [9.17, 15) is 14.7 Å². The zero-order valence-electron chi connectivity index (χ0n) is 19.8. The molecule has 2 fully saturated rings. The Hall–Kier alpha value is -3.07. The van der Waals surface area contributed by atoms with E-state index >= 15 is 0 Å². The number of aliphatic carboxylic acids is 1. The van der Waals surface area contributed by atoms with Crippen molar-refractivity contribution in [2.45, 2.75) is 51.8 Å². The molecule has 1 aromatic heterocycles. The normalized spacial score (nSPS) is 21.9. The van der Waals surface area contributed by atoms with E-state index in [-0.39, 0.29) is 6.04 Å². The Morgan fingerprint density at radius 1 is 1.09 bits per heavy atom. The van der Waals surface area contributed by atoms with Crippen LogP contribution in [0.4, 0.5) is 10.6 Å². The number of aryl methyl sites for hydroxylation is 1. The van der Waals surface area contributed by atoms with Crippen molar-refractivity contribution in [3.8, 4) is 5.69 Å². The SMILES string of the molecule is Cc1cc(N2CCN([C@H]3C[C@@H](C(=O)O)N(C(=O)OC(C)(C)C)C3)CC2)n(-c2ccccc2)n1. The van der Waals surface area contributed by atoms with Crippen LogP contribution in [0.5, 0.6) is 0 Å². The van der Waals surface area contributed by atoms with Crippen LogP contribution in [0, 0.1) is 6.92 Å². The zero-order valence-corrected chi connectivity index (χ0v) is 19.8. The molecule has 1 amide bonds. The average molecular weight is 456 g/mol. The van der Waals surface area contributed by atoms with Crippen molar-refractivity contribution in [3.63, 3.8) is 0 Å². The number of carboxylic acid groups (broad SMARTS) is 1. The van der Waals surface area contributed by atoms with Crippen molar-refractivity contribution in [2.24, 2.45) is 0 Å². The fourth-order valence-corrected chi connectivity index (χ4v) is 4.62. The predicted octanol–water partition coefficient (Wildman–Crippen LogP) is 2.77. The van der Waals surface area contributed by atoms with E-state index in [1.54, 1.807) is 20.8 Å². The number of para-hydroxylation sites is 1. The fourth-order valence-electron chi connectivity index (χ4n) is 4.62. The van der Waals surface area contributed by atoms with Gasteiger partial charge in [-0.25, -0.2) is 14.3 Å². The lowest BCUT2D eigenvalue weighted by Gasteiger charge is -2.38. The molecule has 178 valence electrons. The maximum Gasteiger partial charge on any atom is 0.411 e. The van der Waals surface area contributed by atoms with E-state index in [0.717, 1.165) is 43.4 Å². The molecular weight excluding hydrogens is 422 g/mol. The smallest absolute Gasteiger partial charge is 0.411 e. The molecule has 0 bridgehead atoms. The second kappa shape index (κ2) is 9.05. The Labute approximate surface area is 194 Å². The fraction of sp³-hybridized carbons (Fsp3) is 0.542. The van der Waals surface area contributed by atoms with Crippen LogP contribution < -0.4 is 4.90 Å². The zero-order chi connectivity index (χ0) is 23.8. The molecule has 9 nitrogen and oxygen atoms in total. The summed E-state index contributed by atoms with van der Waals surface area (Å²) in [6.45, 7) is 10.9. The first-order valence-corrected chi connectivity index (χ1v) is 11.5. The summed E-state index contributed by atoms with van der Waals surface area (Å²) < 4.78 is 7.43. The maximum atomic E-state index is 12.6. The number of carbonyl (C=O) groups excluding carboxylic acids is 1. The van der Waals surface area contributed by atoms with Crippen LogP contribution in [-0.2, 0) is 9.53 Å². The number of ether oxygens (including phenoxy) is 1. The summed E-state index contributed by atoms with van der Waals surface area (Å²) in [6.07, 6.45) is -0.145. The Kier molecular flexibility index (Phi) is 6.34. The van der Waals surface area contributed by atoms with Gasteiger partial charge in [0.15, 0.2) is 0 Å². The third-order valence-corrected chi connectivity index (χ3v) is 6.16. The molecule has 2 atom stereocenters. The molecule has 0 saturated carbocycles. The van der Waals surface area contributed by atoms with Gasteiger partial charge in [-0.15, -0.1) is 0 Å². The third kappa shape index (κ3) is 5.13. The highest BCUT2D eigenvalue weighted by atomic mass is 16.6. The minimum atomic E-state index is -0.982. The van der Waals surface area contributed by atoms with Crippen LogP contribution in [0.15, 0.2) is 36.4 Å². The van der Waals surface area contributed by atoms with Crippen LogP contribution in [0.25, 0.3) is 5.69 Å². The number of hydrogen-bond donors (Lipinski definition) is 1. The van der Waals surface area contributed by atoms with Crippen LogP contribution in [0.3, 0.4) is 0 Å². The number of carboxylic acids is 1. The summed E-state index contributed by atoms with van der Waals surface area (Å²) in [5.74, 6) is 0.0767. The molecule has 33 heavy (non-hydrogen) atoms. The molecule has 1 N–H and O–H groups in total. The van der Waals surface area contributed by atoms with Gasteiger partial charge in [0.2, 0.25) is 0 Å². The van der Waals surface area contributed by atoms with Crippen LogP contribution >= 0.6 is 0 Å². The van der Waals surface area contributed by atoms with Gasteiger partial charge < -0.3 is 14.7 Å². The van der Waals surface area contributed by atoms with Crippen LogP contribution in [-0.4, -0.2) is 87.2 Å². The summed E-state index contributed by atoms with van der Waals surface area (Å²) in [7, 11) is 0. The van der Waals surface area contributed by atoms with E-state index < -0.39 is 23.7 Å². The Morgan fingerprint density at radius 3 is 2.36 bits per heavy atom. The summed E-state index contributed by atoms with van der Waals surface area (Å²) >= 11 is 0. The monoisotopic (exact) mass is 455 g/mol. The summed E-state index contributed by atoms with van der Waals surface area (Å²) in [5.41, 5.74) is 1.32. The number of benzene rings is 1. The lowest BCUT2D eigenvalue weighted by molar-refractivity contribution is -0.142. The number of rotatable bonds is 4. The number of likely N-dealkylation sites (tertiary alicyclic amines) is 1. The molecule has 2 aliphatic heterocycles. The quantitative estimate of drug-likeness (QED) is 0.758. The molecular formula is C24H33N5O4. The maximum absolute atomic E-state index is 12.6. The topological polar surface area (TPSA) is 91.1 Å². The van der Waals surface area contributed by atoms with E-state index in [2.05, 4.69) is 21.0 Å². The van der Waals surface area contributed by atoms with Crippen molar-refractivity contribution >= 4 is 17.9 Å². The molecule has 0 aliphatic carbocycles. The second-order valence-electron chi connectivity index (χ2n) is 9.79. The van der Waals surface area contributed by atoms with Crippen LogP contribution in [0.2, 0.25) is 0 Å². The van der Waals surface area contributed by atoms with Gasteiger partial charge in [-0.3, -0.25) is 9.80 Å². The number of aromatic nitrogens is 2. The molecule has 3 heterocycles. The first-order valence-electron chi connectivity index (χ1n) is 11.5. The third-order valence-electron chi connectivity index (χ3n) is 6.16. The number of hydrogen-bond acceptors (Lipinski definition) is 6. The van der Waals surface area contributed by atoms with Gasteiger partial charge in [-0.1, -0.05) is 18.2 Å². The van der Waals surface area contributed by atoms with Crippen molar-refractivity contribution in [2.75, 3.05) is 37.6 Å². The van der Waals surface area contributed by atoms with Gasteiger partial charge in [0.05, 0.1) is 11.4 Å². The summed E-state index contributed by atoms with van der Waals surface area (Å²) in [4.78, 5) is 30.4.